The molecule has 0 saturated heterocycles. The molecule has 0 saturated carbocycles. The molecular formula is C10H19NO. The van der Waals surface area contributed by atoms with Gasteiger partial charge in [0.15, 0.2) is 0 Å². The Labute approximate surface area is 75.0 Å². The summed E-state index contributed by atoms with van der Waals surface area (Å²) in [5.41, 5.74) is 0.759. The largest absolute Gasteiger partial charge is 0.358 e. The maximum absolute atomic E-state index is 11.4. The Bertz CT molecular complexity index is 192. The molecule has 0 spiro atoms. The molecular weight excluding hydrogens is 150 g/mol. The lowest BCUT2D eigenvalue weighted by Gasteiger charge is -2.23. The van der Waals surface area contributed by atoms with Crippen LogP contribution >= 0.6 is 0 Å². The van der Waals surface area contributed by atoms with E-state index in [-0.39, 0.29) is 11.3 Å². The molecule has 70 valence electrons. The first kappa shape index (κ1) is 11.2. The van der Waals surface area contributed by atoms with Gasteiger partial charge in [0.1, 0.15) is 0 Å². The predicted molar refractivity (Wildman–Crippen MR) is 51.9 cm³/mol. The molecule has 0 rings (SSSR count). The Morgan fingerprint density at radius 3 is 2.33 bits per heavy atom. The molecule has 0 aliphatic heterocycles. The van der Waals surface area contributed by atoms with Crippen molar-refractivity contribution < 1.29 is 4.79 Å². The number of nitrogens with one attached hydrogen (secondary N) is 1. The lowest BCUT2D eigenvalue weighted by molar-refractivity contribution is -0.127. The second-order valence-electron chi connectivity index (χ2n) is 3.50. The fourth-order valence-electron chi connectivity index (χ4n) is 1.05. The van der Waals surface area contributed by atoms with Gasteiger partial charge in [0, 0.05) is 7.05 Å². The highest BCUT2D eigenvalue weighted by Gasteiger charge is 2.27. The first-order valence-corrected chi connectivity index (χ1v) is 4.36. The van der Waals surface area contributed by atoms with Crippen LogP contribution in [-0.4, -0.2) is 13.0 Å². The van der Waals surface area contributed by atoms with E-state index in [0.29, 0.717) is 0 Å². The maximum Gasteiger partial charge on any atom is 0.229 e. The molecule has 12 heavy (non-hydrogen) atoms. The molecule has 0 atom stereocenters. The lowest BCUT2D eigenvalue weighted by atomic mass is 9.83. The molecule has 0 fully saturated rings. The van der Waals surface area contributed by atoms with Crippen molar-refractivity contribution >= 4 is 5.91 Å². The predicted octanol–water partition coefficient (Wildman–Crippen LogP) is 2.11. The number of carbonyl (C=O) groups excluding carboxylic acids is 1. The van der Waals surface area contributed by atoms with Gasteiger partial charge in [-0.1, -0.05) is 18.6 Å². The quantitative estimate of drug-likeness (QED) is 0.644. The van der Waals surface area contributed by atoms with Gasteiger partial charge in [0.05, 0.1) is 5.41 Å². The Kier molecular flexibility index (Phi) is 4.01. The summed E-state index contributed by atoms with van der Waals surface area (Å²) in [4.78, 5) is 11.4. The Balaban J connectivity index is 4.60. The van der Waals surface area contributed by atoms with Gasteiger partial charge in [-0.2, -0.15) is 0 Å². The average Bonchev–Trinajstić information content (AvgIpc) is 2.03. The van der Waals surface area contributed by atoms with E-state index >= 15 is 0 Å². The van der Waals surface area contributed by atoms with Crippen LogP contribution in [0.3, 0.4) is 0 Å². The minimum absolute atomic E-state index is 0.0738. The fraction of sp³-hybridized carbons (Fsp3) is 0.700. The molecule has 2 heteroatoms. The summed E-state index contributed by atoms with van der Waals surface area (Å²) in [6.07, 6.45) is 3.07. The van der Waals surface area contributed by atoms with Gasteiger partial charge in [-0.05, 0) is 27.2 Å². The average molecular weight is 169 g/mol. The van der Waals surface area contributed by atoms with Crippen molar-refractivity contribution in [2.75, 3.05) is 7.05 Å². The normalized spacial score (nSPS) is 12.9. The minimum atomic E-state index is -0.370. The third-order valence-electron chi connectivity index (χ3n) is 2.29. The Morgan fingerprint density at radius 2 is 2.00 bits per heavy atom. The number of hydrogen-bond donors (Lipinski definition) is 1. The van der Waals surface area contributed by atoms with Crippen molar-refractivity contribution in [1.82, 2.24) is 5.32 Å². The van der Waals surface area contributed by atoms with Crippen molar-refractivity contribution in [1.29, 1.82) is 0 Å². The van der Waals surface area contributed by atoms with Crippen molar-refractivity contribution in [3.8, 4) is 0 Å². The summed E-state index contributed by atoms with van der Waals surface area (Å²) in [5.74, 6) is 0.0738. The van der Waals surface area contributed by atoms with Crippen LogP contribution in [0.15, 0.2) is 11.6 Å². The van der Waals surface area contributed by atoms with Gasteiger partial charge in [-0.3, -0.25) is 4.79 Å². The van der Waals surface area contributed by atoms with Crippen LogP contribution in [0.1, 0.15) is 34.1 Å². The highest BCUT2D eigenvalue weighted by atomic mass is 16.2. The standard InChI is InChI=1S/C10H19NO/c1-6-7-8(2)10(3,4)9(12)11-5/h7H,6H2,1-5H3,(H,11,12). The van der Waals surface area contributed by atoms with Crippen LogP contribution < -0.4 is 5.32 Å². The van der Waals surface area contributed by atoms with E-state index in [4.69, 9.17) is 0 Å². The van der Waals surface area contributed by atoms with E-state index < -0.39 is 0 Å². The zero-order chi connectivity index (χ0) is 9.78. The molecule has 0 aliphatic rings. The molecule has 0 aromatic carbocycles. The molecule has 0 heterocycles. The van der Waals surface area contributed by atoms with Crippen molar-refractivity contribution in [3.05, 3.63) is 11.6 Å². The van der Waals surface area contributed by atoms with Gasteiger partial charge in [-0.15, -0.1) is 0 Å². The number of allylic oxidation sites excluding steroid dienone is 1. The van der Waals surface area contributed by atoms with Crippen LogP contribution in [0.4, 0.5) is 0 Å². The zero-order valence-corrected chi connectivity index (χ0v) is 8.69. The van der Waals surface area contributed by atoms with Gasteiger partial charge in [-0.25, -0.2) is 0 Å². The maximum atomic E-state index is 11.4. The molecule has 0 aromatic heterocycles. The van der Waals surface area contributed by atoms with Crippen molar-refractivity contribution in [3.63, 3.8) is 0 Å². The van der Waals surface area contributed by atoms with Crippen LogP contribution in [0.2, 0.25) is 0 Å². The Morgan fingerprint density at radius 1 is 1.50 bits per heavy atom. The van der Waals surface area contributed by atoms with Crippen LogP contribution in [-0.2, 0) is 4.79 Å². The highest BCUT2D eigenvalue weighted by Crippen LogP contribution is 2.25. The van der Waals surface area contributed by atoms with E-state index in [1.165, 1.54) is 0 Å². The smallest absolute Gasteiger partial charge is 0.229 e. The number of amides is 1. The second-order valence-corrected chi connectivity index (χ2v) is 3.50. The molecule has 0 unspecified atom stereocenters. The van der Waals surface area contributed by atoms with Gasteiger partial charge in [0.2, 0.25) is 5.91 Å². The first-order valence-electron chi connectivity index (χ1n) is 4.36. The van der Waals surface area contributed by atoms with E-state index in [9.17, 15) is 4.79 Å². The minimum Gasteiger partial charge on any atom is -0.358 e. The zero-order valence-electron chi connectivity index (χ0n) is 8.69. The van der Waals surface area contributed by atoms with E-state index in [1.54, 1.807) is 7.05 Å². The number of hydrogen-bond acceptors (Lipinski definition) is 1. The monoisotopic (exact) mass is 169 g/mol. The molecule has 1 N–H and O–H groups in total. The van der Waals surface area contributed by atoms with Crippen LogP contribution in [0, 0.1) is 5.41 Å². The summed E-state index contributed by atoms with van der Waals surface area (Å²) in [5, 5.41) is 2.66. The topological polar surface area (TPSA) is 29.1 Å². The molecule has 1 amide bonds. The summed E-state index contributed by atoms with van der Waals surface area (Å²) >= 11 is 0. The fourth-order valence-corrected chi connectivity index (χ4v) is 1.05. The molecule has 2 nitrogen and oxygen atoms in total. The summed E-state index contributed by atoms with van der Waals surface area (Å²) in [6.45, 7) is 7.95. The second kappa shape index (κ2) is 4.29. The molecule has 0 radical (unpaired) electrons. The number of rotatable bonds is 3. The SMILES string of the molecule is CCC=C(C)C(C)(C)C(=O)NC. The highest BCUT2D eigenvalue weighted by molar-refractivity contribution is 5.84. The molecule has 0 aliphatic carbocycles. The van der Waals surface area contributed by atoms with Crippen LogP contribution in [0.5, 0.6) is 0 Å². The summed E-state index contributed by atoms with van der Waals surface area (Å²) in [7, 11) is 1.67. The van der Waals surface area contributed by atoms with Crippen molar-refractivity contribution in [2.24, 2.45) is 5.41 Å². The third kappa shape index (κ3) is 2.36. The van der Waals surface area contributed by atoms with E-state index in [1.807, 2.05) is 20.8 Å². The first-order chi connectivity index (χ1) is 5.46. The van der Waals surface area contributed by atoms with Gasteiger partial charge >= 0.3 is 0 Å². The van der Waals surface area contributed by atoms with Crippen molar-refractivity contribution in [2.45, 2.75) is 34.1 Å². The van der Waals surface area contributed by atoms with Gasteiger partial charge in [0.25, 0.3) is 0 Å². The molecule has 0 bridgehead atoms. The third-order valence-corrected chi connectivity index (χ3v) is 2.29. The summed E-state index contributed by atoms with van der Waals surface area (Å²) in [6, 6.07) is 0. The Hall–Kier alpha value is -0.790. The molecule has 0 aromatic rings. The number of carbonyl (C=O) groups is 1. The lowest BCUT2D eigenvalue weighted by Crippen LogP contribution is -2.35. The summed E-state index contributed by atoms with van der Waals surface area (Å²) < 4.78 is 0. The van der Waals surface area contributed by atoms with E-state index in [2.05, 4.69) is 18.3 Å². The van der Waals surface area contributed by atoms with E-state index in [0.717, 1.165) is 12.0 Å². The van der Waals surface area contributed by atoms with Crippen LogP contribution in [0.25, 0.3) is 0 Å². The van der Waals surface area contributed by atoms with Gasteiger partial charge < -0.3 is 5.32 Å².